The van der Waals surface area contributed by atoms with Crippen molar-refractivity contribution >= 4 is 11.8 Å². The average Bonchev–Trinajstić information content (AvgIpc) is 2.36. The van der Waals surface area contributed by atoms with Gasteiger partial charge in [-0.1, -0.05) is 63.6 Å². The molecule has 0 fully saturated rings. The number of rotatable bonds is 10. The minimum atomic E-state index is -0.0501. The van der Waals surface area contributed by atoms with Crippen LogP contribution in [0.5, 0.6) is 0 Å². The van der Waals surface area contributed by atoms with Crippen LogP contribution in [-0.4, -0.2) is 15.7 Å². The molecule has 19 heavy (non-hydrogen) atoms. The Morgan fingerprint density at radius 3 is 2.37 bits per heavy atom. The highest BCUT2D eigenvalue weighted by Gasteiger charge is 1.99. The van der Waals surface area contributed by atoms with Gasteiger partial charge in [-0.2, -0.15) is 0 Å². The molecule has 0 aliphatic heterocycles. The van der Waals surface area contributed by atoms with E-state index in [0.717, 1.165) is 16.6 Å². The Hall–Kier alpha value is -0.770. The molecule has 0 aliphatic rings. The van der Waals surface area contributed by atoms with E-state index < -0.39 is 0 Å². The molecule has 1 N–H and O–H groups in total. The Morgan fingerprint density at radius 1 is 1.11 bits per heavy atom. The van der Waals surface area contributed by atoms with Crippen molar-refractivity contribution in [2.75, 3.05) is 5.75 Å². The van der Waals surface area contributed by atoms with Crippen LogP contribution in [0.4, 0.5) is 0 Å². The van der Waals surface area contributed by atoms with Crippen LogP contribution in [0, 0.1) is 6.92 Å². The molecular formula is C15H26N2OS. The van der Waals surface area contributed by atoms with E-state index in [1.807, 2.05) is 6.92 Å². The van der Waals surface area contributed by atoms with E-state index in [-0.39, 0.29) is 5.56 Å². The molecule has 0 amide bonds. The van der Waals surface area contributed by atoms with Crippen molar-refractivity contribution in [2.24, 2.45) is 0 Å². The van der Waals surface area contributed by atoms with Gasteiger partial charge in [0.1, 0.15) is 0 Å². The van der Waals surface area contributed by atoms with Crippen molar-refractivity contribution in [3.05, 3.63) is 22.1 Å². The molecule has 4 heteroatoms. The van der Waals surface area contributed by atoms with E-state index in [1.54, 1.807) is 11.8 Å². The Morgan fingerprint density at radius 2 is 1.74 bits per heavy atom. The first-order valence-corrected chi connectivity index (χ1v) is 8.41. The molecule has 1 aromatic rings. The van der Waals surface area contributed by atoms with Crippen LogP contribution in [0.1, 0.15) is 64.0 Å². The molecule has 0 atom stereocenters. The van der Waals surface area contributed by atoms with Gasteiger partial charge in [0.15, 0.2) is 5.16 Å². The number of aromatic nitrogens is 2. The van der Waals surface area contributed by atoms with Crippen molar-refractivity contribution in [3.63, 3.8) is 0 Å². The summed E-state index contributed by atoms with van der Waals surface area (Å²) in [5, 5.41) is 0.757. The lowest BCUT2D eigenvalue weighted by Crippen LogP contribution is -2.08. The zero-order valence-corrected chi connectivity index (χ0v) is 13.0. The maximum absolute atomic E-state index is 11.3. The van der Waals surface area contributed by atoms with Crippen LogP contribution in [0.15, 0.2) is 16.0 Å². The highest BCUT2D eigenvalue weighted by molar-refractivity contribution is 7.99. The summed E-state index contributed by atoms with van der Waals surface area (Å²) in [7, 11) is 0. The number of nitrogens with zero attached hydrogens (tertiary/aromatic N) is 1. The highest BCUT2D eigenvalue weighted by atomic mass is 32.2. The number of thioether (sulfide) groups is 1. The molecule has 0 saturated carbocycles. The second-order valence-electron chi connectivity index (χ2n) is 5.02. The number of aryl methyl sites for hydroxylation is 1. The first-order chi connectivity index (χ1) is 9.22. The van der Waals surface area contributed by atoms with E-state index in [2.05, 4.69) is 16.9 Å². The standard InChI is InChI=1S/C15H26N2OS/c1-3-4-5-6-7-8-9-10-11-19-15-16-13(2)12-14(18)17-15/h12H,3-11H2,1-2H3,(H,16,17,18). The van der Waals surface area contributed by atoms with Crippen molar-refractivity contribution in [1.82, 2.24) is 9.97 Å². The maximum atomic E-state index is 11.3. The lowest BCUT2D eigenvalue weighted by molar-refractivity contribution is 0.586. The molecule has 1 heterocycles. The van der Waals surface area contributed by atoms with Gasteiger partial charge in [-0.05, 0) is 13.3 Å². The average molecular weight is 282 g/mol. The summed E-state index contributed by atoms with van der Waals surface area (Å²) in [6, 6.07) is 1.53. The van der Waals surface area contributed by atoms with Gasteiger partial charge in [-0.15, -0.1) is 0 Å². The van der Waals surface area contributed by atoms with Crippen molar-refractivity contribution in [3.8, 4) is 0 Å². The van der Waals surface area contributed by atoms with Gasteiger partial charge >= 0.3 is 0 Å². The number of unbranched alkanes of at least 4 members (excludes halogenated alkanes) is 7. The molecule has 0 aromatic carbocycles. The third kappa shape index (κ3) is 8.09. The second kappa shape index (κ2) is 10.1. The fourth-order valence-corrected chi connectivity index (χ4v) is 2.95. The van der Waals surface area contributed by atoms with Crippen LogP contribution >= 0.6 is 11.8 Å². The zero-order valence-electron chi connectivity index (χ0n) is 12.2. The van der Waals surface area contributed by atoms with Crippen LogP contribution in [-0.2, 0) is 0 Å². The minimum absolute atomic E-state index is 0.0501. The van der Waals surface area contributed by atoms with E-state index in [1.165, 1.54) is 57.4 Å². The fourth-order valence-electron chi connectivity index (χ4n) is 2.02. The van der Waals surface area contributed by atoms with Crippen molar-refractivity contribution < 1.29 is 0 Å². The lowest BCUT2D eigenvalue weighted by Gasteiger charge is -2.02. The van der Waals surface area contributed by atoms with E-state index in [9.17, 15) is 4.79 Å². The summed E-state index contributed by atoms with van der Waals surface area (Å²) in [6.07, 6.45) is 10.7. The second-order valence-corrected chi connectivity index (χ2v) is 6.10. The molecule has 0 bridgehead atoms. The number of hydrogen-bond acceptors (Lipinski definition) is 3. The van der Waals surface area contributed by atoms with Crippen molar-refractivity contribution in [2.45, 2.75) is 70.4 Å². The molecule has 0 spiro atoms. The number of H-pyrrole nitrogens is 1. The van der Waals surface area contributed by atoms with E-state index in [0.29, 0.717) is 0 Å². The predicted octanol–water partition coefficient (Wildman–Crippen LogP) is 4.31. The number of aromatic amines is 1. The summed E-state index contributed by atoms with van der Waals surface area (Å²) in [5.74, 6) is 1.04. The zero-order chi connectivity index (χ0) is 13.9. The summed E-state index contributed by atoms with van der Waals surface area (Å²) < 4.78 is 0. The van der Waals surface area contributed by atoms with Gasteiger partial charge in [-0.25, -0.2) is 4.98 Å². The van der Waals surface area contributed by atoms with Crippen LogP contribution in [0.2, 0.25) is 0 Å². The molecule has 0 unspecified atom stereocenters. The van der Waals surface area contributed by atoms with Crippen molar-refractivity contribution in [1.29, 1.82) is 0 Å². The normalized spacial score (nSPS) is 10.8. The van der Waals surface area contributed by atoms with Gasteiger partial charge in [0, 0.05) is 17.5 Å². The van der Waals surface area contributed by atoms with E-state index >= 15 is 0 Å². The maximum Gasteiger partial charge on any atom is 0.251 e. The molecule has 0 aliphatic carbocycles. The number of hydrogen-bond donors (Lipinski definition) is 1. The van der Waals surface area contributed by atoms with E-state index in [4.69, 9.17) is 0 Å². The molecule has 3 nitrogen and oxygen atoms in total. The van der Waals surface area contributed by atoms with Crippen LogP contribution in [0.25, 0.3) is 0 Å². The van der Waals surface area contributed by atoms with Crippen LogP contribution < -0.4 is 5.56 Å². The molecule has 0 saturated heterocycles. The first-order valence-electron chi connectivity index (χ1n) is 7.43. The molecule has 1 rings (SSSR count). The number of nitrogens with one attached hydrogen (secondary N) is 1. The third-order valence-corrected chi connectivity index (χ3v) is 4.04. The first kappa shape index (κ1) is 16.3. The summed E-state index contributed by atoms with van der Waals surface area (Å²) in [6.45, 7) is 4.11. The quantitative estimate of drug-likeness (QED) is 0.395. The predicted molar refractivity (Wildman–Crippen MR) is 82.9 cm³/mol. The summed E-state index contributed by atoms with van der Waals surface area (Å²) in [4.78, 5) is 18.3. The Bertz CT molecular complexity index is 403. The van der Waals surface area contributed by atoms with Gasteiger partial charge in [0.2, 0.25) is 0 Å². The van der Waals surface area contributed by atoms with Gasteiger partial charge in [-0.3, -0.25) is 4.79 Å². The fraction of sp³-hybridized carbons (Fsp3) is 0.733. The molecule has 0 radical (unpaired) electrons. The third-order valence-electron chi connectivity index (χ3n) is 3.08. The topological polar surface area (TPSA) is 45.8 Å². The van der Waals surface area contributed by atoms with Gasteiger partial charge in [0.05, 0.1) is 0 Å². The lowest BCUT2D eigenvalue weighted by atomic mass is 10.1. The Kier molecular flexibility index (Phi) is 8.63. The molecule has 108 valence electrons. The largest absolute Gasteiger partial charge is 0.301 e. The summed E-state index contributed by atoms with van der Waals surface area (Å²) in [5.41, 5.74) is 0.744. The van der Waals surface area contributed by atoms with Gasteiger partial charge < -0.3 is 4.98 Å². The van der Waals surface area contributed by atoms with Crippen LogP contribution in [0.3, 0.4) is 0 Å². The van der Waals surface area contributed by atoms with Gasteiger partial charge in [0.25, 0.3) is 5.56 Å². The Labute approximate surface area is 120 Å². The minimum Gasteiger partial charge on any atom is -0.301 e. The molecule has 1 aromatic heterocycles. The Balaban J connectivity index is 2.03. The molecular weight excluding hydrogens is 256 g/mol. The summed E-state index contributed by atoms with van der Waals surface area (Å²) >= 11 is 1.65. The monoisotopic (exact) mass is 282 g/mol. The highest BCUT2D eigenvalue weighted by Crippen LogP contribution is 2.15. The smallest absolute Gasteiger partial charge is 0.251 e. The SMILES string of the molecule is CCCCCCCCCCSc1nc(C)cc(=O)[nH]1.